The molecule has 1 aromatic carbocycles. The van der Waals surface area contributed by atoms with Crippen LogP contribution in [0.1, 0.15) is 29.6 Å². The molecule has 2 rings (SSSR count). The molecule has 0 aromatic heterocycles. The number of carbonyl (C=O) groups is 1. The number of aliphatic hydroxyl groups excluding tert-OH is 1. The molecule has 0 radical (unpaired) electrons. The second kappa shape index (κ2) is 5.59. The fraction of sp³-hybridized carbons (Fsp3) is 0.462. The molecule has 0 heterocycles. The van der Waals surface area contributed by atoms with Gasteiger partial charge in [-0.15, -0.1) is 0 Å². The SMILES string of the molecule is O=C(NCC1(CCO)CC1)c1cccc(Br)c1Cl. The van der Waals surface area contributed by atoms with Gasteiger partial charge in [0.05, 0.1) is 10.6 Å². The molecule has 0 bridgehead atoms. The molecule has 1 amide bonds. The van der Waals surface area contributed by atoms with Gasteiger partial charge in [-0.1, -0.05) is 17.7 Å². The standard InChI is InChI=1S/C13H15BrClNO2/c14-10-3-1-2-9(11(10)15)12(18)16-8-13(4-5-13)6-7-17/h1-3,17H,4-8H2,(H,16,18). The van der Waals surface area contributed by atoms with Gasteiger partial charge in [-0.05, 0) is 52.7 Å². The van der Waals surface area contributed by atoms with Crippen molar-refractivity contribution in [2.45, 2.75) is 19.3 Å². The van der Waals surface area contributed by atoms with Gasteiger partial charge in [-0.2, -0.15) is 0 Å². The molecule has 0 aliphatic heterocycles. The number of amides is 1. The van der Waals surface area contributed by atoms with Crippen molar-refractivity contribution in [3.8, 4) is 0 Å². The first kappa shape index (κ1) is 13.8. The summed E-state index contributed by atoms with van der Waals surface area (Å²) in [7, 11) is 0. The Morgan fingerprint density at radius 1 is 1.50 bits per heavy atom. The summed E-state index contributed by atoms with van der Waals surface area (Å²) >= 11 is 9.36. The maximum absolute atomic E-state index is 12.0. The second-order valence-corrected chi connectivity index (χ2v) is 5.99. The van der Waals surface area contributed by atoms with Crippen LogP contribution in [0.5, 0.6) is 0 Å². The molecule has 0 saturated heterocycles. The Labute approximate surface area is 120 Å². The van der Waals surface area contributed by atoms with Gasteiger partial charge in [0.1, 0.15) is 0 Å². The molecule has 3 nitrogen and oxygen atoms in total. The van der Waals surface area contributed by atoms with Crippen molar-refractivity contribution in [1.82, 2.24) is 5.32 Å². The monoisotopic (exact) mass is 331 g/mol. The first-order chi connectivity index (χ1) is 8.58. The minimum Gasteiger partial charge on any atom is -0.396 e. The number of halogens is 2. The van der Waals surface area contributed by atoms with Crippen molar-refractivity contribution in [3.05, 3.63) is 33.3 Å². The van der Waals surface area contributed by atoms with E-state index < -0.39 is 0 Å². The van der Waals surface area contributed by atoms with Crippen molar-refractivity contribution in [2.75, 3.05) is 13.2 Å². The van der Waals surface area contributed by atoms with Gasteiger partial charge in [-0.3, -0.25) is 4.79 Å². The lowest BCUT2D eigenvalue weighted by molar-refractivity contribution is 0.0941. The molecule has 2 N–H and O–H groups in total. The molecule has 18 heavy (non-hydrogen) atoms. The number of nitrogens with one attached hydrogen (secondary N) is 1. The van der Waals surface area contributed by atoms with Gasteiger partial charge in [-0.25, -0.2) is 0 Å². The molecule has 0 spiro atoms. The van der Waals surface area contributed by atoms with E-state index in [1.165, 1.54) is 0 Å². The second-order valence-electron chi connectivity index (χ2n) is 4.76. The summed E-state index contributed by atoms with van der Waals surface area (Å²) in [4.78, 5) is 12.0. The largest absolute Gasteiger partial charge is 0.396 e. The average Bonchev–Trinajstić information content (AvgIpc) is 3.11. The Kier molecular flexibility index (Phi) is 4.30. The molecule has 1 saturated carbocycles. The number of rotatable bonds is 5. The Morgan fingerprint density at radius 3 is 2.83 bits per heavy atom. The third-order valence-corrected chi connectivity index (χ3v) is 4.72. The van der Waals surface area contributed by atoms with Crippen molar-refractivity contribution in [1.29, 1.82) is 0 Å². The van der Waals surface area contributed by atoms with E-state index in [-0.39, 0.29) is 17.9 Å². The summed E-state index contributed by atoms with van der Waals surface area (Å²) in [5, 5.41) is 12.3. The molecule has 1 fully saturated rings. The number of benzene rings is 1. The predicted octanol–water partition coefficient (Wildman–Crippen LogP) is 2.99. The Balaban J connectivity index is 1.98. The average molecular weight is 333 g/mol. The van der Waals surface area contributed by atoms with Gasteiger partial charge >= 0.3 is 0 Å². The van der Waals surface area contributed by atoms with Gasteiger partial charge in [0.2, 0.25) is 0 Å². The minimum absolute atomic E-state index is 0.114. The maximum Gasteiger partial charge on any atom is 0.252 e. The summed E-state index contributed by atoms with van der Waals surface area (Å²) in [5.41, 5.74) is 0.592. The number of carbonyl (C=O) groups excluding carboxylic acids is 1. The van der Waals surface area contributed by atoms with Crippen LogP contribution in [0.15, 0.2) is 22.7 Å². The zero-order valence-electron chi connectivity index (χ0n) is 9.88. The van der Waals surface area contributed by atoms with Crippen LogP contribution in [0.2, 0.25) is 5.02 Å². The van der Waals surface area contributed by atoms with Crippen molar-refractivity contribution in [3.63, 3.8) is 0 Å². The molecule has 98 valence electrons. The van der Waals surface area contributed by atoms with Crippen molar-refractivity contribution >= 4 is 33.4 Å². The van der Waals surface area contributed by atoms with E-state index in [2.05, 4.69) is 21.2 Å². The lowest BCUT2D eigenvalue weighted by atomic mass is 10.0. The quantitative estimate of drug-likeness (QED) is 0.871. The third-order valence-electron chi connectivity index (χ3n) is 3.42. The highest BCUT2D eigenvalue weighted by Crippen LogP contribution is 2.47. The number of hydrogen-bond donors (Lipinski definition) is 2. The number of aliphatic hydroxyl groups is 1. The lowest BCUT2D eigenvalue weighted by Crippen LogP contribution is -2.30. The highest BCUT2D eigenvalue weighted by Gasteiger charge is 2.41. The molecule has 0 atom stereocenters. The van der Waals surface area contributed by atoms with Crippen molar-refractivity contribution in [2.24, 2.45) is 5.41 Å². The smallest absolute Gasteiger partial charge is 0.252 e. The summed E-state index contributed by atoms with van der Waals surface area (Å²) in [6.07, 6.45) is 2.89. The molecular weight excluding hydrogens is 318 g/mol. The Morgan fingerprint density at radius 2 is 2.22 bits per heavy atom. The van der Waals surface area contributed by atoms with Gasteiger partial charge in [0, 0.05) is 17.6 Å². The van der Waals surface area contributed by atoms with Crippen LogP contribution in [-0.2, 0) is 0 Å². The highest BCUT2D eigenvalue weighted by atomic mass is 79.9. The summed E-state index contributed by atoms with van der Waals surface area (Å²) in [5.74, 6) is -0.162. The Bertz CT molecular complexity index is 460. The molecule has 0 unspecified atom stereocenters. The van der Waals surface area contributed by atoms with Crippen LogP contribution in [0.3, 0.4) is 0 Å². The van der Waals surface area contributed by atoms with E-state index in [0.717, 1.165) is 19.3 Å². The van der Waals surface area contributed by atoms with E-state index in [1.54, 1.807) is 18.2 Å². The van der Waals surface area contributed by atoms with E-state index in [0.29, 0.717) is 21.6 Å². The first-order valence-corrected chi connectivity index (χ1v) is 7.08. The molecular formula is C13H15BrClNO2. The molecule has 1 aromatic rings. The van der Waals surface area contributed by atoms with Crippen LogP contribution < -0.4 is 5.32 Å². The zero-order chi connectivity index (χ0) is 13.2. The first-order valence-electron chi connectivity index (χ1n) is 5.91. The highest BCUT2D eigenvalue weighted by molar-refractivity contribution is 9.10. The Hall–Kier alpha value is -0.580. The van der Waals surface area contributed by atoms with Crippen LogP contribution >= 0.6 is 27.5 Å². The van der Waals surface area contributed by atoms with E-state index in [4.69, 9.17) is 16.7 Å². The van der Waals surface area contributed by atoms with Gasteiger partial charge in [0.15, 0.2) is 0 Å². The normalized spacial score (nSPS) is 16.4. The number of hydrogen-bond acceptors (Lipinski definition) is 2. The third kappa shape index (κ3) is 3.05. The predicted molar refractivity (Wildman–Crippen MR) is 74.9 cm³/mol. The van der Waals surface area contributed by atoms with Gasteiger partial charge < -0.3 is 10.4 Å². The van der Waals surface area contributed by atoms with Crippen LogP contribution in [-0.4, -0.2) is 24.2 Å². The lowest BCUT2D eigenvalue weighted by Gasteiger charge is -2.15. The van der Waals surface area contributed by atoms with E-state index >= 15 is 0 Å². The van der Waals surface area contributed by atoms with Crippen LogP contribution in [0.4, 0.5) is 0 Å². The minimum atomic E-state index is -0.162. The topological polar surface area (TPSA) is 49.3 Å². The molecule has 1 aliphatic rings. The van der Waals surface area contributed by atoms with E-state index in [1.807, 2.05) is 0 Å². The summed E-state index contributed by atoms with van der Waals surface area (Å²) in [6, 6.07) is 5.28. The van der Waals surface area contributed by atoms with Crippen LogP contribution in [0, 0.1) is 5.41 Å². The zero-order valence-corrected chi connectivity index (χ0v) is 12.2. The maximum atomic E-state index is 12.0. The summed E-state index contributed by atoms with van der Waals surface area (Å²) < 4.78 is 0.716. The van der Waals surface area contributed by atoms with Crippen molar-refractivity contribution < 1.29 is 9.90 Å². The van der Waals surface area contributed by atoms with Crippen LogP contribution in [0.25, 0.3) is 0 Å². The summed E-state index contributed by atoms with van der Waals surface area (Å²) in [6.45, 7) is 0.781. The fourth-order valence-electron chi connectivity index (χ4n) is 1.97. The van der Waals surface area contributed by atoms with E-state index in [9.17, 15) is 4.79 Å². The molecule has 5 heteroatoms. The van der Waals surface area contributed by atoms with Gasteiger partial charge in [0.25, 0.3) is 5.91 Å². The molecule has 1 aliphatic carbocycles. The fourth-order valence-corrected chi connectivity index (χ4v) is 2.55.